The van der Waals surface area contributed by atoms with E-state index in [0.29, 0.717) is 10.7 Å². The van der Waals surface area contributed by atoms with Gasteiger partial charge in [0.25, 0.3) is 5.56 Å². The summed E-state index contributed by atoms with van der Waals surface area (Å²) in [6.07, 6.45) is 4.60. The highest BCUT2D eigenvalue weighted by molar-refractivity contribution is 7.92. The number of pyridine rings is 1. The summed E-state index contributed by atoms with van der Waals surface area (Å²) in [5.41, 5.74) is 4.11. The first-order valence-electron chi connectivity index (χ1n) is 8.74. The first-order chi connectivity index (χ1) is 13.2. The molecule has 0 spiro atoms. The first kappa shape index (κ1) is 20.6. The lowest BCUT2D eigenvalue weighted by atomic mass is 10.0. The summed E-state index contributed by atoms with van der Waals surface area (Å²) >= 11 is 7.94. The lowest BCUT2D eigenvalue weighted by molar-refractivity contribution is 0.607. The monoisotopic (exact) mass is 436 g/mol. The maximum Gasteiger partial charge on any atom is 0.253 e. The molecule has 1 aromatic carbocycles. The molecule has 0 fully saturated rings. The van der Waals surface area contributed by atoms with Gasteiger partial charge >= 0.3 is 0 Å². The summed E-state index contributed by atoms with van der Waals surface area (Å²) in [7, 11) is -1.59. The van der Waals surface area contributed by atoms with Crippen molar-refractivity contribution in [1.29, 1.82) is 0 Å². The molecule has 5 nitrogen and oxygen atoms in total. The van der Waals surface area contributed by atoms with Gasteiger partial charge in [0.05, 0.1) is 11.3 Å². The molecular weight excluding hydrogens is 416 g/mol. The summed E-state index contributed by atoms with van der Waals surface area (Å²) in [5, 5.41) is 2.50. The topological polar surface area (TPSA) is 68.2 Å². The van der Waals surface area contributed by atoms with Crippen LogP contribution >= 0.6 is 22.9 Å². The van der Waals surface area contributed by atoms with E-state index in [4.69, 9.17) is 11.6 Å². The van der Waals surface area contributed by atoms with Crippen LogP contribution in [-0.2, 0) is 23.5 Å². The van der Waals surface area contributed by atoms with Crippen molar-refractivity contribution in [3.63, 3.8) is 0 Å². The molecule has 0 saturated heterocycles. The fourth-order valence-electron chi connectivity index (χ4n) is 3.01. The molecule has 1 N–H and O–H groups in total. The average molecular weight is 437 g/mol. The van der Waals surface area contributed by atoms with Crippen LogP contribution in [0.2, 0.25) is 5.02 Å². The second kappa shape index (κ2) is 8.11. The molecule has 148 valence electrons. The molecular formula is C20H21ClN2O3S2. The van der Waals surface area contributed by atoms with Crippen LogP contribution in [0.15, 0.2) is 46.7 Å². The third-order valence-corrected chi connectivity index (χ3v) is 6.13. The Morgan fingerprint density at radius 3 is 2.57 bits per heavy atom. The van der Waals surface area contributed by atoms with Crippen LogP contribution in [0, 0.1) is 0 Å². The van der Waals surface area contributed by atoms with Crippen LogP contribution in [0.25, 0.3) is 21.6 Å². The summed E-state index contributed by atoms with van der Waals surface area (Å²) in [6.45, 7) is 2.05. The van der Waals surface area contributed by atoms with Crippen molar-refractivity contribution in [2.45, 2.75) is 19.8 Å². The molecule has 0 aliphatic heterocycles. The zero-order valence-electron chi connectivity index (χ0n) is 15.8. The minimum absolute atomic E-state index is 0.0399. The number of hydrogen-bond donors (Lipinski definition) is 1. The van der Waals surface area contributed by atoms with Crippen LogP contribution < -0.4 is 10.3 Å². The second-order valence-corrected chi connectivity index (χ2v) is 9.76. The number of nitrogens with one attached hydrogen (secondary N) is 1. The van der Waals surface area contributed by atoms with Gasteiger partial charge in [-0.15, -0.1) is 11.3 Å². The van der Waals surface area contributed by atoms with Gasteiger partial charge in [0.15, 0.2) is 0 Å². The minimum atomic E-state index is -3.35. The van der Waals surface area contributed by atoms with Gasteiger partial charge in [-0.05, 0) is 53.3 Å². The molecule has 2 aromatic heterocycles. The smallest absolute Gasteiger partial charge is 0.253 e. The van der Waals surface area contributed by atoms with E-state index in [1.807, 2.05) is 23.7 Å². The van der Waals surface area contributed by atoms with Crippen molar-refractivity contribution in [3.8, 4) is 21.6 Å². The normalized spacial score (nSPS) is 11.6. The summed E-state index contributed by atoms with van der Waals surface area (Å²) < 4.78 is 26.8. The van der Waals surface area contributed by atoms with E-state index in [1.54, 1.807) is 41.2 Å². The number of anilines is 1. The van der Waals surface area contributed by atoms with Gasteiger partial charge in [-0.3, -0.25) is 9.52 Å². The van der Waals surface area contributed by atoms with Gasteiger partial charge in [-0.25, -0.2) is 8.42 Å². The Balaban J connectivity index is 1.96. The fraction of sp³-hybridized carbons (Fsp3) is 0.250. The second-order valence-electron chi connectivity index (χ2n) is 6.69. The van der Waals surface area contributed by atoms with E-state index in [2.05, 4.69) is 11.6 Å². The van der Waals surface area contributed by atoms with E-state index in [-0.39, 0.29) is 5.56 Å². The molecule has 0 amide bonds. The molecule has 3 aromatic rings. The highest BCUT2D eigenvalue weighted by Gasteiger charge is 2.12. The van der Waals surface area contributed by atoms with Crippen molar-refractivity contribution in [2.75, 3.05) is 11.0 Å². The van der Waals surface area contributed by atoms with Gasteiger partial charge in [-0.1, -0.05) is 24.9 Å². The molecule has 8 heteroatoms. The highest BCUT2D eigenvalue weighted by atomic mass is 35.5. The first-order valence-corrected chi connectivity index (χ1v) is 11.9. The molecule has 0 aliphatic carbocycles. The van der Waals surface area contributed by atoms with Crippen molar-refractivity contribution in [2.24, 2.45) is 7.05 Å². The van der Waals surface area contributed by atoms with Gasteiger partial charge in [0, 0.05) is 34.9 Å². The van der Waals surface area contributed by atoms with Crippen molar-refractivity contribution in [1.82, 2.24) is 4.57 Å². The Morgan fingerprint density at radius 2 is 1.93 bits per heavy atom. The van der Waals surface area contributed by atoms with Crippen LogP contribution in [0.1, 0.15) is 18.9 Å². The molecule has 0 radical (unpaired) electrons. The third kappa shape index (κ3) is 4.66. The third-order valence-electron chi connectivity index (χ3n) is 4.25. The molecule has 0 saturated carbocycles. The highest BCUT2D eigenvalue weighted by Crippen LogP contribution is 2.37. The molecule has 0 aliphatic rings. The van der Waals surface area contributed by atoms with Gasteiger partial charge in [0.2, 0.25) is 10.0 Å². The largest absolute Gasteiger partial charge is 0.318 e. The zero-order valence-corrected chi connectivity index (χ0v) is 18.2. The van der Waals surface area contributed by atoms with Crippen LogP contribution in [0.3, 0.4) is 0 Å². The Morgan fingerprint density at radius 1 is 1.18 bits per heavy atom. The number of hydrogen-bond acceptors (Lipinski definition) is 4. The maximum absolute atomic E-state index is 12.2. The number of nitrogens with zero attached hydrogens (tertiary/aromatic N) is 1. The van der Waals surface area contributed by atoms with E-state index >= 15 is 0 Å². The Hall–Kier alpha value is -2.09. The number of benzene rings is 1. The zero-order chi connectivity index (χ0) is 20.5. The minimum Gasteiger partial charge on any atom is -0.318 e. The molecule has 28 heavy (non-hydrogen) atoms. The standard InChI is InChI=1S/C20H21ClN2O3S2/c1-4-5-13-8-14(11-23(2)20(13)24)15-9-19(27-12-15)17-7-6-16(10-18(17)21)22-28(3,25)26/h6-12,22H,4-5H2,1-3H3. The number of thiophene rings is 1. The van der Waals surface area contributed by atoms with E-state index in [9.17, 15) is 13.2 Å². The Labute approximate surface area is 173 Å². The van der Waals surface area contributed by atoms with Gasteiger partial charge in [-0.2, -0.15) is 0 Å². The number of halogens is 1. The van der Waals surface area contributed by atoms with Crippen LogP contribution in [0.4, 0.5) is 5.69 Å². The quantitative estimate of drug-likeness (QED) is 0.605. The predicted molar refractivity (Wildman–Crippen MR) is 118 cm³/mol. The Kier molecular flexibility index (Phi) is 5.98. The van der Waals surface area contributed by atoms with E-state index < -0.39 is 10.0 Å². The maximum atomic E-state index is 12.2. The summed E-state index contributed by atoms with van der Waals surface area (Å²) in [6, 6.07) is 9.08. The Bertz CT molecular complexity index is 1180. The average Bonchev–Trinajstić information content (AvgIpc) is 3.07. The lowest BCUT2D eigenvalue weighted by Crippen LogP contribution is -2.20. The lowest BCUT2D eigenvalue weighted by Gasteiger charge is -2.08. The number of aromatic nitrogens is 1. The van der Waals surface area contributed by atoms with Crippen molar-refractivity contribution >= 4 is 38.6 Å². The fourth-order valence-corrected chi connectivity index (χ4v) is 4.86. The van der Waals surface area contributed by atoms with Crippen molar-refractivity contribution < 1.29 is 8.42 Å². The summed E-state index contributed by atoms with van der Waals surface area (Å²) in [4.78, 5) is 13.2. The van der Waals surface area contributed by atoms with E-state index in [1.165, 1.54) is 0 Å². The van der Waals surface area contributed by atoms with Crippen molar-refractivity contribution in [3.05, 3.63) is 62.8 Å². The number of aryl methyl sites for hydroxylation is 2. The molecule has 2 heterocycles. The van der Waals surface area contributed by atoms with Crippen LogP contribution in [-0.4, -0.2) is 19.2 Å². The number of rotatable bonds is 6. The summed E-state index contributed by atoms with van der Waals surface area (Å²) in [5.74, 6) is 0. The predicted octanol–water partition coefficient (Wildman–Crippen LogP) is 4.76. The van der Waals surface area contributed by atoms with E-state index in [0.717, 1.165) is 46.2 Å². The molecule has 0 atom stereocenters. The molecule has 0 bridgehead atoms. The van der Waals surface area contributed by atoms with Gasteiger partial charge in [0.1, 0.15) is 0 Å². The SMILES string of the molecule is CCCc1cc(-c2csc(-c3ccc(NS(C)(=O)=O)cc3Cl)c2)cn(C)c1=O. The van der Waals surface area contributed by atoms with Gasteiger partial charge < -0.3 is 4.57 Å². The number of sulfonamides is 1. The van der Waals surface area contributed by atoms with Crippen LogP contribution in [0.5, 0.6) is 0 Å². The molecule has 0 unspecified atom stereocenters. The molecule has 3 rings (SSSR count).